The number of nitrogens with one attached hydrogen (secondary N) is 1. The number of nitrogens with zero attached hydrogens (tertiary/aromatic N) is 2. The number of amides is 1. The second kappa shape index (κ2) is 5.43. The van der Waals surface area contributed by atoms with Crippen LogP contribution in [0.4, 0.5) is 11.5 Å². The summed E-state index contributed by atoms with van der Waals surface area (Å²) in [4.78, 5) is 42.1. The fourth-order valence-electron chi connectivity index (χ4n) is 2.01. The quantitative estimate of drug-likeness (QED) is 0.806. The van der Waals surface area contributed by atoms with Gasteiger partial charge in [0.2, 0.25) is 5.91 Å². The highest BCUT2D eigenvalue weighted by Gasteiger charge is 2.33. The number of aromatic nitrogens is 2. The van der Waals surface area contributed by atoms with E-state index in [9.17, 15) is 14.4 Å². The molecule has 0 aromatic carbocycles. The lowest BCUT2D eigenvalue weighted by Gasteiger charge is -2.16. The van der Waals surface area contributed by atoms with Crippen molar-refractivity contribution < 1.29 is 9.59 Å². The van der Waals surface area contributed by atoms with Crippen molar-refractivity contribution in [2.45, 2.75) is 13.3 Å². The van der Waals surface area contributed by atoms with Crippen LogP contribution in [0.1, 0.15) is 13.3 Å². The first-order valence-corrected chi connectivity index (χ1v) is 6.74. The van der Waals surface area contributed by atoms with Gasteiger partial charge < -0.3 is 15.6 Å². The Morgan fingerprint density at radius 2 is 2.37 bits per heavy atom. The molecule has 1 atom stereocenters. The van der Waals surface area contributed by atoms with Crippen LogP contribution in [0, 0.1) is 5.92 Å². The second-order valence-corrected chi connectivity index (χ2v) is 5.54. The highest BCUT2D eigenvalue weighted by Crippen LogP contribution is 2.27. The van der Waals surface area contributed by atoms with Crippen LogP contribution in [0.25, 0.3) is 0 Å². The molecular formula is C11H14N4O3S. The van der Waals surface area contributed by atoms with Crippen molar-refractivity contribution in [3.63, 3.8) is 0 Å². The number of carbonyl (C=O) groups excluding carboxylic acids is 2. The highest BCUT2D eigenvalue weighted by molar-refractivity contribution is 8.13. The zero-order valence-electron chi connectivity index (χ0n) is 10.4. The zero-order chi connectivity index (χ0) is 14.0. The van der Waals surface area contributed by atoms with E-state index in [1.54, 1.807) is 0 Å². The minimum atomic E-state index is -0.430. The van der Waals surface area contributed by atoms with E-state index in [-0.39, 0.29) is 28.4 Å². The smallest absolute Gasteiger partial charge is 0.276 e. The number of anilines is 2. The van der Waals surface area contributed by atoms with Gasteiger partial charge in [0.25, 0.3) is 5.56 Å². The van der Waals surface area contributed by atoms with Gasteiger partial charge in [0.05, 0.1) is 6.33 Å². The molecule has 1 amide bonds. The molecule has 7 nitrogen and oxygen atoms in total. The minimum Gasteiger partial charge on any atom is -0.382 e. The van der Waals surface area contributed by atoms with Gasteiger partial charge in [-0.3, -0.25) is 14.4 Å². The predicted octanol–water partition coefficient (Wildman–Crippen LogP) is -0.0153. The summed E-state index contributed by atoms with van der Waals surface area (Å²) in [5.74, 6) is 0.479. The van der Waals surface area contributed by atoms with E-state index in [2.05, 4.69) is 9.97 Å². The van der Waals surface area contributed by atoms with E-state index in [0.717, 1.165) is 0 Å². The average molecular weight is 282 g/mol. The molecule has 1 aliphatic rings. The molecule has 2 heterocycles. The first-order valence-electron chi connectivity index (χ1n) is 5.76. The van der Waals surface area contributed by atoms with Crippen molar-refractivity contribution in [3.8, 4) is 0 Å². The molecule has 1 aromatic rings. The normalized spacial score (nSPS) is 18.9. The maximum Gasteiger partial charge on any atom is 0.276 e. The SMILES string of the molecule is CC(=O)SCC1CC(=O)N(c2c(N)nc[nH]c2=O)C1. The fourth-order valence-corrected chi connectivity index (χ4v) is 2.71. The van der Waals surface area contributed by atoms with E-state index in [1.165, 1.54) is 29.9 Å². The maximum absolute atomic E-state index is 11.9. The van der Waals surface area contributed by atoms with E-state index in [1.807, 2.05) is 0 Å². The van der Waals surface area contributed by atoms with E-state index < -0.39 is 5.56 Å². The molecule has 102 valence electrons. The average Bonchev–Trinajstić information content (AvgIpc) is 2.68. The topological polar surface area (TPSA) is 109 Å². The molecule has 0 saturated carbocycles. The summed E-state index contributed by atoms with van der Waals surface area (Å²) in [6, 6.07) is 0. The number of carbonyl (C=O) groups is 2. The van der Waals surface area contributed by atoms with Gasteiger partial charge in [-0.05, 0) is 5.92 Å². The summed E-state index contributed by atoms with van der Waals surface area (Å²) < 4.78 is 0. The Labute approximate surface area is 113 Å². The Kier molecular flexibility index (Phi) is 3.89. The third kappa shape index (κ3) is 2.95. The molecular weight excluding hydrogens is 268 g/mol. The number of rotatable bonds is 3. The van der Waals surface area contributed by atoms with Gasteiger partial charge in [0, 0.05) is 25.6 Å². The van der Waals surface area contributed by atoms with Gasteiger partial charge in [-0.2, -0.15) is 0 Å². The summed E-state index contributed by atoms with van der Waals surface area (Å²) in [7, 11) is 0. The Hall–Kier alpha value is -1.83. The third-order valence-corrected chi connectivity index (χ3v) is 3.90. The first kappa shape index (κ1) is 13.6. The van der Waals surface area contributed by atoms with Crippen molar-refractivity contribution in [1.29, 1.82) is 0 Å². The van der Waals surface area contributed by atoms with Gasteiger partial charge in [-0.1, -0.05) is 11.8 Å². The summed E-state index contributed by atoms with van der Waals surface area (Å²) in [6.07, 6.45) is 1.51. The summed E-state index contributed by atoms with van der Waals surface area (Å²) in [6.45, 7) is 1.88. The second-order valence-electron chi connectivity index (χ2n) is 4.34. The first-order chi connectivity index (χ1) is 8.99. The lowest BCUT2D eigenvalue weighted by Crippen LogP contribution is -2.32. The number of H-pyrrole nitrogens is 1. The number of hydrogen-bond acceptors (Lipinski definition) is 6. The van der Waals surface area contributed by atoms with Crippen LogP contribution in [0.15, 0.2) is 11.1 Å². The number of hydrogen-bond donors (Lipinski definition) is 2. The Morgan fingerprint density at radius 3 is 3.00 bits per heavy atom. The molecule has 3 N–H and O–H groups in total. The van der Waals surface area contributed by atoms with Crippen LogP contribution in [0.2, 0.25) is 0 Å². The number of nitrogens with two attached hydrogens (primary N) is 1. The van der Waals surface area contributed by atoms with Crippen molar-refractivity contribution in [2.24, 2.45) is 5.92 Å². The maximum atomic E-state index is 11.9. The molecule has 1 unspecified atom stereocenters. The fraction of sp³-hybridized carbons (Fsp3) is 0.455. The molecule has 1 aliphatic heterocycles. The van der Waals surface area contributed by atoms with Crippen molar-refractivity contribution >= 4 is 34.3 Å². The molecule has 0 bridgehead atoms. The number of thioether (sulfide) groups is 1. The molecule has 1 saturated heterocycles. The number of nitrogen functional groups attached to an aromatic ring is 1. The largest absolute Gasteiger partial charge is 0.382 e. The number of aromatic amines is 1. The summed E-state index contributed by atoms with van der Waals surface area (Å²) in [5.41, 5.74) is 5.32. The molecule has 19 heavy (non-hydrogen) atoms. The highest BCUT2D eigenvalue weighted by atomic mass is 32.2. The monoisotopic (exact) mass is 282 g/mol. The van der Waals surface area contributed by atoms with Crippen molar-refractivity contribution in [2.75, 3.05) is 22.9 Å². The lowest BCUT2D eigenvalue weighted by molar-refractivity contribution is -0.117. The van der Waals surface area contributed by atoms with Gasteiger partial charge in [0.1, 0.15) is 0 Å². The molecule has 0 spiro atoms. The molecule has 8 heteroatoms. The van der Waals surface area contributed by atoms with Gasteiger partial charge in [-0.15, -0.1) is 0 Å². The van der Waals surface area contributed by atoms with Gasteiger partial charge in [0.15, 0.2) is 16.6 Å². The van der Waals surface area contributed by atoms with Crippen LogP contribution >= 0.6 is 11.8 Å². The van der Waals surface area contributed by atoms with Gasteiger partial charge >= 0.3 is 0 Å². The third-order valence-electron chi connectivity index (χ3n) is 2.85. The van der Waals surface area contributed by atoms with Crippen LogP contribution < -0.4 is 16.2 Å². The standard InChI is InChI=1S/C11H14N4O3S/c1-6(16)19-4-7-2-8(17)15(3-7)9-10(12)13-5-14-11(9)18/h5,7H,2-4H2,1H3,(H3,12,13,14,18). The van der Waals surface area contributed by atoms with E-state index in [4.69, 9.17) is 5.73 Å². The molecule has 1 aromatic heterocycles. The molecule has 1 fully saturated rings. The predicted molar refractivity (Wildman–Crippen MR) is 72.9 cm³/mol. The summed E-state index contributed by atoms with van der Waals surface area (Å²) >= 11 is 1.19. The van der Waals surface area contributed by atoms with Gasteiger partial charge in [-0.25, -0.2) is 4.98 Å². The van der Waals surface area contributed by atoms with Crippen molar-refractivity contribution in [3.05, 3.63) is 16.7 Å². The minimum absolute atomic E-state index is 0.0182. The van der Waals surface area contributed by atoms with E-state index >= 15 is 0 Å². The summed E-state index contributed by atoms with van der Waals surface area (Å²) in [5, 5.41) is 0.0182. The molecule has 0 aliphatic carbocycles. The van der Waals surface area contributed by atoms with Crippen LogP contribution in [0.3, 0.4) is 0 Å². The van der Waals surface area contributed by atoms with Crippen LogP contribution in [0.5, 0.6) is 0 Å². The van der Waals surface area contributed by atoms with Crippen LogP contribution in [-0.2, 0) is 9.59 Å². The zero-order valence-corrected chi connectivity index (χ0v) is 11.2. The lowest BCUT2D eigenvalue weighted by atomic mass is 10.1. The molecule has 0 radical (unpaired) electrons. The Bertz CT molecular complexity index is 571. The van der Waals surface area contributed by atoms with Crippen LogP contribution in [-0.4, -0.2) is 33.3 Å². The van der Waals surface area contributed by atoms with Crippen molar-refractivity contribution in [1.82, 2.24) is 9.97 Å². The van der Waals surface area contributed by atoms with E-state index in [0.29, 0.717) is 18.7 Å². The molecule has 2 rings (SSSR count). The Morgan fingerprint density at radius 1 is 1.63 bits per heavy atom. The Balaban J connectivity index is 2.16.